The van der Waals surface area contributed by atoms with Crippen LogP contribution in [0.5, 0.6) is 5.88 Å². The molecular weight excluding hydrogens is 361 g/mol. The number of pyridine rings is 1. The Labute approximate surface area is 155 Å². The second-order valence-electron chi connectivity index (χ2n) is 6.85. The van der Waals surface area contributed by atoms with E-state index >= 15 is 0 Å². The summed E-state index contributed by atoms with van der Waals surface area (Å²) in [6.45, 7) is 3.85. The zero-order chi connectivity index (χ0) is 19.8. The highest BCUT2D eigenvalue weighted by Gasteiger charge is 2.36. The number of rotatable bonds is 4. The van der Waals surface area contributed by atoms with E-state index in [2.05, 4.69) is 10.1 Å². The molecule has 1 amide bonds. The number of likely N-dealkylation sites (tertiary alicyclic amines) is 1. The van der Waals surface area contributed by atoms with E-state index in [1.54, 1.807) is 4.90 Å². The van der Waals surface area contributed by atoms with Gasteiger partial charge in [-0.2, -0.15) is 23.3 Å². The fourth-order valence-corrected chi connectivity index (χ4v) is 3.69. The number of fused-ring (bicyclic) bond motifs is 1. The number of aromatic nitrogens is 3. The van der Waals surface area contributed by atoms with Crippen LogP contribution in [0, 0.1) is 6.92 Å². The molecule has 148 valence electrons. The van der Waals surface area contributed by atoms with E-state index in [-0.39, 0.29) is 41.2 Å². The molecule has 1 fully saturated rings. The lowest BCUT2D eigenvalue weighted by molar-refractivity contribution is -0.137. The summed E-state index contributed by atoms with van der Waals surface area (Å²) in [5, 5.41) is 3.97. The maximum absolute atomic E-state index is 13.5. The maximum atomic E-state index is 13.5. The molecule has 3 heterocycles. The summed E-state index contributed by atoms with van der Waals surface area (Å²) in [5.74, 6) is -0.450. The molecule has 0 aliphatic carbocycles. The smallest absolute Gasteiger partial charge is 0.417 e. The quantitative estimate of drug-likeness (QED) is 0.810. The number of halogens is 3. The molecule has 0 unspecified atom stereocenters. The van der Waals surface area contributed by atoms with Crippen molar-refractivity contribution < 1.29 is 22.7 Å². The maximum Gasteiger partial charge on any atom is 0.417 e. The second kappa shape index (κ2) is 7.36. The molecule has 2 aromatic heterocycles. The summed E-state index contributed by atoms with van der Waals surface area (Å²) < 4.78 is 47.1. The molecule has 9 heteroatoms. The molecule has 1 atom stereocenters. The number of piperidine rings is 1. The summed E-state index contributed by atoms with van der Waals surface area (Å²) in [7, 11) is 1.52. The van der Waals surface area contributed by atoms with Crippen molar-refractivity contribution in [2.24, 2.45) is 7.05 Å². The summed E-state index contributed by atoms with van der Waals surface area (Å²) >= 11 is 0. The molecule has 6 nitrogen and oxygen atoms in total. The van der Waals surface area contributed by atoms with Gasteiger partial charge in [-0.05, 0) is 32.6 Å². The normalized spacial score (nSPS) is 18.1. The van der Waals surface area contributed by atoms with Crippen LogP contribution in [-0.2, 0) is 18.0 Å². The lowest BCUT2D eigenvalue weighted by Crippen LogP contribution is -2.45. The van der Waals surface area contributed by atoms with Crippen LogP contribution < -0.4 is 4.74 Å². The zero-order valence-electron chi connectivity index (χ0n) is 15.6. The van der Waals surface area contributed by atoms with Crippen LogP contribution in [0.1, 0.15) is 43.9 Å². The van der Waals surface area contributed by atoms with E-state index in [4.69, 9.17) is 4.74 Å². The topological polar surface area (TPSA) is 60.3 Å². The van der Waals surface area contributed by atoms with E-state index in [1.807, 2.05) is 6.92 Å². The molecule has 1 aliphatic rings. The number of nitrogens with zero attached hydrogens (tertiary/aromatic N) is 4. The molecule has 27 heavy (non-hydrogen) atoms. The molecule has 0 bridgehead atoms. The standard InChI is InChI=1S/C18H23F3N4O2/c1-4-12-7-5-6-8-25(12)15(26)10-27-14-9-13(18(19,20)21)16-11(2)23-24(3)17(16)22-14/h9,12H,4-8,10H2,1-3H3/t12-/m0/s1. The minimum Gasteiger partial charge on any atom is -0.467 e. The van der Waals surface area contributed by atoms with Crippen LogP contribution in [0.15, 0.2) is 6.07 Å². The summed E-state index contributed by atoms with van der Waals surface area (Å²) in [5.41, 5.74) is -0.534. The van der Waals surface area contributed by atoms with Gasteiger partial charge in [0.25, 0.3) is 5.91 Å². The first kappa shape index (κ1) is 19.4. The first-order valence-electron chi connectivity index (χ1n) is 9.06. The molecule has 0 spiro atoms. The van der Waals surface area contributed by atoms with Gasteiger partial charge in [0.15, 0.2) is 12.3 Å². The molecule has 1 saturated heterocycles. The van der Waals surface area contributed by atoms with E-state index in [0.29, 0.717) is 6.54 Å². The Hall–Kier alpha value is -2.32. The van der Waals surface area contributed by atoms with Crippen LogP contribution in [-0.4, -0.2) is 44.8 Å². The molecule has 0 aromatic carbocycles. The van der Waals surface area contributed by atoms with Gasteiger partial charge in [0.1, 0.15) is 0 Å². The van der Waals surface area contributed by atoms with Crippen LogP contribution in [0.25, 0.3) is 11.0 Å². The number of amides is 1. The van der Waals surface area contributed by atoms with E-state index in [0.717, 1.165) is 31.7 Å². The predicted molar refractivity (Wildman–Crippen MR) is 93.4 cm³/mol. The number of ether oxygens (including phenoxy) is 1. The molecule has 1 aliphatic heterocycles. The number of carbonyl (C=O) groups excluding carboxylic acids is 1. The molecular formula is C18H23F3N4O2. The lowest BCUT2D eigenvalue weighted by Gasteiger charge is -2.35. The van der Waals surface area contributed by atoms with Crippen LogP contribution in [0.2, 0.25) is 0 Å². The third-order valence-electron chi connectivity index (χ3n) is 5.01. The second-order valence-corrected chi connectivity index (χ2v) is 6.85. The predicted octanol–water partition coefficient (Wildman–Crippen LogP) is 3.47. The Kier molecular flexibility index (Phi) is 5.30. The Morgan fingerprint density at radius 3 is 2.78 bits per heavy atom. The van der Waals surface area contributed by atoms with Crippen molar-refractivity contribution in [3.8, 4) is 5.88 Å². The first-order valence-corrected chi connectivity index (χ1v) is 9.06. The van der Waals surface area contributed by atoms with Gasteiger partial charge in [0.2, 0.25) is 5.88 Å². The summed E-state index contributed by atoms with van der Waals surface area (Å²) in [4.78, 5) is 18.4. The van der Waals surface area contributed by atoms with E-state index in [9.17, 15) is 18.0 Å². The Morgan fingerprint density at radius 1 is 1.37 bits per heavy atom. The minimum atomic E-state index is -4.57. The first-order chi connectivity index (χ1) is 12.7. The van der Waals surface area contributed by atoms with Gasteiger partial charge in [-0.25, -0.2) is 0 Å². The van der Waals surface area contributed by atoms with Crippen molar-refractivity contribution in [2.75, 3.05) is 13.2 Å². The average molecular weight is 384 g/mol. The van der Waals surface area contributed by atoms with Gasteiger partial charge < -0.3 is 9.64 Å². The number of aryl methyl sites for hydroxylation is 2. The largest absolute Gasteiger partial charge is 0.467 e. The van der Waals surface area contributed by atoms with Gasteiger partial charge >= 0.3 is 6.18 Å². The molecule has 3 rings (SSSR count). The van der Waals surface area contributed by atoms with Crippen molar-refractivity contribution in [3.05, 3.63) is 17.3 Å². The fourth-order valence-electron chi connectivity index (χ4n) is 3.69. The van der Waals surface area contributed by atoms with Crippen LogP contribution in [0.4, 0.5) is 13.2 Å². The third kappa shape index (κ3) is 3.86. The highest BCUT2D eigenvalue weighted by molar-refractivity contribution is 5.83. The van der Waals surface area contributed by atoms with Crippen LogP contribution >= 0.6 is 0 Å². The molecule has 0 saturated carbocycles. The van der Waals surface area contributed by atoms with E-state index < -0.39 is 11.7 Å². The van der Waals surface area contributed by atoms with E-state index in [1.165, 1.54) is 18.7 Å². The highest BCUT2D eigenvalue weighted by atomic mass is 19.4. The summed E-state index contributed by atoms with van der Waals surface area (Å²) in [6, 6.07) is 1.01. The Morgan fingerprint density at radius 2 is 2.11 bits per heavy atom. The Bertz CT molecular complexity index is 847. The average Bonchev–Trinajstić information content (AvgIpc) is 2.92. The van der Waals surface area contributed by atoms with Gasteiger partial charge in [-0.3, -0.25) is 9.48 Å². The van der Waals surface area contributed by atoms with Gasteiger partial charge in [-0.15, -0.1) is 0 Å². The zero-order valence-corrected chi connectivity index (χ0v) is 15.6. The Balaban J connectivity index is 1.85. The number of hydrogen-bond acceptors (Lipinski definition) is 4. The fraction of sp³-hybridized carbons (Fsp3) is 0.611. The lowest BCUT2D eigenvalue weighted by atomic mass is 10.00. The molecule has 0 radical (unpaired) electrons. The van der Waals surface area contributed by atoms with Crippen molar-refractivity contribution in [1.82, 2.24) is 19.7 Å². The van der Waals surface area contributed by atoms with Crippen molar-refractivity contribution in [3.63, 3.8) is 0 Å². The molecule has 0 N–H and O–H groups in total. The molecule has 2 aromatic rings. The number of carbonyl (C=O) groups is 1. The monoisotopic (exact) mass is 384 g/mol. The van der Waals surface area contributed by atoms with Crippen LogP contribution in [0.3, 0.4) is 0 Å². The summed E-state index contributed by atoms with van der Waals surface area (Å²) in [6.07, 6.45) is -0.770. The van der Waals surface area contributed by atoms with Gasteiger partial charge in [0.05, 0.1) is 16.6 Å². The third-order valence-corrected chi connectivity index (χ3v) is 5.01. The highest BCUT2D eigenvalue weighted by Crippen LogP contribution is 2.37. The SMILES string of the molecule is CC[C@H]1CCCCN1C(=O)COc1cc(C(F)(F)F)c2c(C)nn(C)c2n1. The minimum absolute atomic E-state index is 0.0502. The van der Waals surface area contributed by atoms with Gasteiger partial charge in [-0.1, -0.05) is 6.92 Å². The van der Waals surface area contributed by atoms with Gasteiger partial charge in [0, 0.05) is 25.7 Å². The van der Waals surface area contributed by atoms with Crippen molar-refractivity contribution in [1.29, 1.82) is 0 Å². The number of hydrogen-bond donors (Lipinski definition) is 0. The van der Waals surface area contributed by atoms with Crippen molar-refractivity contribution in [2.45, 2.75) is 51.7 Å². The van der Waals surface area contributed by atoms with Crippen molar-refractivity contribution >= 4 is 16.9 Å². The number of alkyl halides is 3.